The van der Waals surface area contributed by atoms with Crippen LogP contribution in [-0.4, -0.2) is 23.9 Å². The SMILES string of the molecule is CC1(C)C(=O)NC(=O)CN1c1ccccc1N. The van der Waals surface area contributed by atoms with Crippen LogP contribution in [0.4, 0.5) is 11.4 Å². The molecule has 1 aromatic carbocycles. The Bertz CT molecular complexity index is 482. The van der Waals surface area contributed by atoms with Gasteiger partial charge in [0.1, 0.15) is 5.54 Å². The number of piperazine rings is 1. The maximum atomic E-state index is 11.8. The van der Waals surface area contributed by atoms with Crippen molar-refractivity contribution in [2.75, 3.05) is 17.2 Å². The van der Waals surface area contributed by atoms with Gasteiger partial charge in [0.15, 0.2) is 0 Å². The number of carbonyl (C=O) groups is 2. The Morgan fingerprint density at radius 1 is 1.29 bits per heavy atom. The van der Waals surface area contributed by atoms with E-state index in [9.17, 15) is 9.59 Å². The zero-order valence-electron chi connectivity index (χ0n) is 9.86. The number of nitrogens with zero attached hydrogens (tertiary/aromatic N) is 1. The first-order valence-corrected chi connectivity index (χ1v) is 5.39. The van der Waals surface area contributed by atoms with E-state index in [0.717, 1.165) is 0 Å². The number of hydrogen-bond acceptors (Lipinski definition) is 4. The molecule has 1 fully saturated rings. The number of para-hydroxylation sites is 2. The van der Waals surface area contributed by atoms with Crippen LogP contribution in [0, 0.1) is 0 Å². The van der Waals surface area contributed by atoms with Gasteiger partial charge in [-0.1, -0.05) is 12.1 Å². The highest BCUT2D eigenvalue weighted by molar-refractivity contribution is 6.07. The molecule has 0 unspecified atom stereocenters. The number of hydrogen-bond donors (Lipinski definition) is 2. The number of benzene rings is 1. The molecule has 0 atom stereocenters. The lowest BCUT2D eigenvalue weighted by Crippen LogP contribution is -2.64. The number of carbonyl (C=O) groups excluding carboxylic acids is 2. The predicted octanol–water partition coefficient (Wildman–Crippen LogP) is 0.510. The minimum absolute atomic E-state index is 0.132. The maximum absolute atomic E-state index is 11.8. The van der Waals surface area contributed by atoms with Crippen molar-refractivity contribution in [3.8, 4) is 0 Å². The van der Waals surface area contributed by atoms with Gasteiger partial charge in [-0.25, -0.2) is 0 Å². The molecule has 1 aromatic rings. The summed E-state index contributed by atoms with van der Waals surface area (Å²) < 4.78 is 0. The van der Waals surface area contributed by atoms with Gasteiger partial charge in [-0.2, -0.15) is 0 Å². The Morgan fingerprint density at radius 2 is 1.94 bits per heavy atom. The first-order chi connectivity index (χ1) is 7.93. The van der Waals surface area contributed by atoms with Gasteiger partial charge >= 0.3 is 0 Å². The van der Waals surface area contributed by atoms with Gasteiger partial charge in [-0.3, -0.25) is 14.9 Å². The second kappa shape index (κ2) is 3.76. The third-order valence-electron chi connectivity index (χ3n) is 3.01. The summed E-state index contributed by atoms with van der Waals surface area (Å²) in [4.78, 5) is 25.0. The lowest BCUT2D eigenvalue weighted by Gasteiger charge is -2.42. The zero-order chi connectivity index (χ0) is 12.6. The molecule has 2 rings (SSSR count). The van der Waals surface area contributed by atoms with E-state index in [1.165, 1.54) is 0 Å². The van der Waals surface area contributed by atoms with Crippen LogP contribution in [0.15, 0.2) is 24.3 Å². The van der Waals surface area contributed by atoms with Crippen LogP contribution >= 0.6 is 0 Å². The van der Waals surface area contributed by atoms with Crippen molar-refractivity contribution in [3.63, 3.8) is 0 Å². The van der Waals surface area contributed by atoms with Crippen LogP contribution in [0.1, 0.15) is 13.8 Å². The number of amides is 2. The van der Waals surface area contributed by atoms with Crippen LogP contribution in [0.3, 0.4) is 0 Å². The first-order valence-electron chi connectivity index (χ1n) is 5.39. The third kappa shape index (κ3) is 1.84. The van der Waals surface area contributed by atoms with Crippen LogP contribution < -0.4 is 16.0 Å². The van der Waals surface area contributed by atoms with Gasteiger partial charge in [0.2, 0.25) is 5.91 Å². The zero-order valence-corrected chi connectivity index (χ0v) is 9.86. The Labute approximate surface area is 99.6 Å². The fourth-order valence-corrected chi connectivity index (χ4v) is 1.90. The highest BCUT2D eigenvalue weighted by Gasteiger charge is 2.41. The lowest BCUT2D eigenvalue weighted by atomic mass is 9.97. The molecule has 1 saturated heterocycles. The van der Waals surface area contributed by atoms with Crippen molar-refractivity contribution in [1.29, 1.82) is 0 Å². The molecule has 1 heterocycles. The van der Waals surface area contributed by atoms with E-state index < -0.39 is 5.54 Å². The second-order valence-corrected chi connectivity index (χ2v) is 4.58. The summed E-state index contributed by atoms with van der Waals surface area (Å²) >= 11 is 0. The molecule has 90 valence electrons. The lowest BCUT2D eigenvalue weighted by molar-refractivity contribution is -0.135. The topological polar surface area (TPSA) is 75.4 Å². The molecule has 0 saturated carbocycles. The number of nitrogen functional groups attached to an aromatic ring is 1. The van der Waals surface area contributed by atoms with E-state index in [-0.39, 0.29) is 18.4 Å². The van der Waals surface area contributed by atoms with Gasteiger partial charge < -0.3 is 10.6 Å². The third-order valence-corrected chi connectivity index (χ3v) is 3.01. The Morgan fingerprint density at radius 3 is 2.59 bits per heavy atom. The maximum Gasteiger partial charge on any atom is 0.251 e. The summed E-state index contributed by atoms with van der Waals surface area (Å²) in [7, 11) is 0. The molecule has 1 aliphatic heterocycles. The quantitative estimate of drug-likeness (QED) is 0.547. The number of imide groups is 1. The molecule has 2 amide bonds. The molecule has 0 radical (unpaired) electrons. The summed E-state index contributed by atoms with van der Waals surface area (Å²) in [5.41, 5.74) is 6.36. The average Bonchev–Trinajstić information content (AvgIpc) is 2.25. The number of rotatable bonds is 1. The van der Waals surface area contributed by atoms with Crippen molar-refractivity contribution in [2.24, 2.45) is 0 Å². The van der Waals surface area contributed by atoms with Gasteiger partial charge in [-0.05, 0) is 26.0 Å². The van der Waals surface area contributed by atoms with Crippen molar-refractivity contribution in [3.05, 3.63) is 24.3 Å². The molecular weight excluding hydrogens is 218 g/mol. The normalized spacial score (nSPS) is 19.1. The first kappa shape index (κ1) is 11.4. The molecular formula is C12H15N3O2. The molecule has 5 nitrogen and oxygen atoms in total. The molecule has 1 aliphatic rings. The number of nitrogens with two attached hydrogens (primary N) is 1. The second-order valence-electron chi connectivity index (χ2n) is 4.58. The van der Waals surface area contributed by atoms with E-state index in [1.807, 2.05) is 18.2 Å². The van der Waals surface area contributed by atoms with Gasteiger partial charge in [0.05, 0.1) is 17.9 Å². The molecule has 0 bridgehead atoms. The highest BCUT2D eigenvalue weighted by Crippen LogP contribution is 2.30. The van der Waals surface area contributed by atoms with E-state index in [4.69, 9.17) is 5.73 Å². The van der Waals surface area contributed by atoms with Crippen LogP contribution in [0.5, 0.6) is 0 Å². The van der Waals surface area contributed by atoms with Crippen molar-refractivity contribution in [1.82, 2.24) is 5.32 Å². The Balaban J connectivity index is 2.46. The van der Waals surface area contributed by atoms with Crippen molar-refractivity contribution in [2.45, 2.75) is 19.4 Å². The molecule has 17 heavy (non-hydrogen) atoms. The summed E-state index contributed by atoms with van der Waals surface area (Å²) in [6.45, 7) is 3.66. The number of nitrogens with one attached hydrogen (secondary N) is 1. The minimum Gasteiger partial charge on any atom is -0.397 e. The standard InChI is InChI=1S/C12H15N3O2/c1-12(2)11(17)14-10(16)7-15(12)9-6-4-3-5-8(9)13/h3-6H,7,13H2,1-2H3,(H,14,16,17). The van der Waals surface area contributed by atoms with E-state index in [0.29, 0.717) is 11.4 Å². The Kier molecular flexibility index (Phi) is 2.53. The summed E-state index contributed by atoms with van der Waals surface area (Å²) in [5.74, 6) is -0.616. The minimum atomic E-state index is -0.788. The molecule has 0 aliphatic carbocycles. The van der Waals surface area contributed by atoms with Crippen molar-refractivity contribution >= 4 is 23.2 Å². The highest BCUT2D eigenvalue weighted by atomic mass is 16.2. The van der Waals surface area contributed by atoms with E-state index >= 15 is 0 Å². The molecule has 0 aromatic heterocycles. The predicted molar refractivity (Wildman–Crippen MR) is 65.4 cm³/mol. The molecule has 5 heteroatoms. The van der Waals surface area contributed by atoms with Crippen LogP contribution in [-0.2, 0) is 9.59 Å². The fourth-order valence-electron chi connectivity index (χ4n) is 1.90. The monoisotopic (exact) mass is 233 g/mol. The fraction of sp³-hybridized carbons (Fsp3) is 0.333. The smallest absolute Gasteiger partial charge is 0.251 e. The summed E-state index contributed by atoms with van der Waals surface area (Å²) in [6.07, 6.45) is 0. The van der Waals surface area contributed by atoms with E-state index in [2.05, 4.69) is 5.32 Å². The van der Waals surface area contributed by atoms with Crippen LogP contribution in [0.2, 0.25) is 0 Å². The van der Waals surface area contributed by atoms with E-state index in [1.54, 1.807) is 24.8 Å². The average molecular weight is 233 g/mol. The Hall–Kier alpha value is -2.04. The van der Waals surface area contributed by atoms with Gasteiger partial charge in [-0.15, -0.1) is 0 Å². The largest absolute Gasteiger partial charge is 0.397 e. The van der Waals surface area contributed by atoms with Gasteiger partial charge in [0.25, 0.3) is 5.91 Å². The summed E-state index contributed by atoms with van der Waals surface area (Å²) in [5, 5.41) is 2.33. The van der Waals surface area contributed by atoms with Gasteiger partial charge in [0, 0.05) is 0 Å². The summed E-state index contributed by atoms with van der Waals surface area (Å²) in [6, 6.07) is 7.21. The van der Waals surface area contributed by atoms with Crippen LogP contribution in [0.25, 0.3) is 0 Å². The van der Waals surface area contributed by atoms with Crippen molar-refractivity contribution < 1.29 is 9.59 Å². The molecule has 3 N–H and O–H groups in total. The molecule has 0 spiro atoms. The number of anilines is 2.